The number of carbonyl (C=O) groups excluding carboxylic acids is 1. The fraction of sp³-hybridized carbons (Fsp3) is 0.300. The predicted molar refractivity (Wildman–Crippen MR) is 74.6 cm³/mol. The molecule has 0 saturated carbocycles. The van der Waals surface area contributed by atoms with E-state index in [0.717, 1.165) is 17.0 Å². The van der Waals surface area contributed by atoms with Gasteiger partial charge in [-0.3, -0.25) is 14.9 Å². The molecule has 2 rings (SSSR count). The zero-order valence-corrected chi connectivity index (χ0v) is 12.7. The lowest BCUT2D eigenvalue weighted by atomic mass is 10.2. The van der Waals surface area contributed by atoms with E-state index in [-0.39, 0.29) is 16.7 Å². The van der Waals surface area contributed by atoms with Crippen LogP contribution in [0, 0.1) is 15.9 Å². The van der Waals surface area contributed by atoms with E-state index < -0.39 is 44.0 Å². The number of primary sulfonamides is 1. The van der Waals surface area contributed by atoms with Crippen molar-refractivity contribution in [2.45, 2.75) is 11.7 Å². The number of amides is 1. The van der Waals surface area contributed by atoms with Crippen molar-refractivity contribution >= 4 is 43.2 Å². The van der Waals surface area contributed by atoms with Crippen molar-refractivity contribution in [2.24, 2.45) is 5.14 Å². The van der Waals surface area contributed by atoms with Crippen LogP contribution in [0.15, 0.2) is 16.6 Å². The van der Waals surface area contributed by atoms with Crippen molar-refractivity contribution in [1.29, 1.82) is 0 Å². The highest BCUT2D eigenvalue weighted by molar-refractivity contribution is 9.10. The molecule has 1 aliphatic rings. The van der Waals surface area contributed by atoms with Crippen molar-refractivity contribution in [3.05, 3.63) is 32.5 Å². The van der Waals surface area contributed by atoms with E-state index in [4.69, 9.17) is 5.14 Å². The molecule has 1 atom stereocenters. The quantitative estimate of drug-likeness (QED) is 0.614. The van der Waals surface area contributed by atoms with E-state index in [9.17, 15) is 27.7 Å². The molecule has 1 saturated heterocycles. The summed E-state index contributed by atoms with van der Waals surface area (Å²) in [6.07, 6.45) is -0.395. The summed E-state index contributed by atoms with van der Waals surface area (Å²) in [5.74, 6) is -1.47. The Labute approximate surface area is 127 Å². The fourth-order valence-corrected chi connectivity index (χ4v) is 3.08. The van der Waals surface area contributed by atoms with Crippen LogP contribution in [0.2, 0.25) is 0 Å². The van der Waals surface area contributed by atoms with Crippen LogP contribution in [0.25, 0.3) is 0 Å². The van der Waals surface area contributed by atoms with E-state index in [1.54, 1.807) is 0 Å². The van der Waals surface area contributed by atoms with Crippen LogP contribution in [-0.2, 0) is 14.8 Å². The average Bonchev–Trinajstić information content (AvgIpc) is 2.74. The maximum Gasteiger partial charge on any atom is 0.294 e. The topological polar surface area (TPSA) is 124 Å². The highest BCUT2D eigenvalue weighted by Gasteiger charge is 2.39. The Kier molecular flexibility index (Phi) is 4.00. The number of nitrogens with zero attached hydrogens (tertiary/aromatic N) is 2. The second-order valence-electron chi connectivity index (χ2n) is 4.43. The summed E-state index contributed by atoms with van der Waals surface area (Å²) in [5, 5.41) is 14.8. The lowest BCUT2D eigenvalue weighted by molar-refractivity contribution is -0.384. The molecule has 1 unspecified atom stereocenters. The van der Waals surface area contributed by atoms with Gasteiger partial charge in [0, 0.05) is 25.1 Å². The first-order valence-electron chi connectivity index (χ1n) is 5.56. The predicted octanol–water partition coefficient (Wildman–Crippen LogP) is 0.890. The molecule has 2 N–H and O–H groups in total. The van der Waals surface area contributed by atoms with E-state index in [1.165, 1.54) is 0 Å². The lowest BCUT2D eigenvalue weighted by Gasteiger charge is -2.16. The number of sulfonamides is 1. The zero-order chi connectivity index (χ0) is 15.9. The van der Waals surface area contributed by atoms with E-state index >= 15 is 0 Å². The van der Waals surface area contributed by atoms with Crippen molar-refractivity contribution in [1.82, 2.24) is 0 Å². The highest BCUT2D eigenvalue weighted by atomic mass is 79.9. The highest BCUT2D eigenvalue weighted by Crippen LogP contribution is 2.36. The molecule has 8 nitrogen and oxygen atoms in total. The number of carbonyl (C=O) groups is 1. The van der Waals surface area contributed by atoms with Gasteiger partial charge in [-0.15, -0.1) is 0 Å². The third-order valence-corrected chi connectivity index (χ3v) is 4.91. The smallest absolute Gasteiger partial charge is 0.294 e. The Bertz CT molecular complexity index is 738. The lowest BCUT2D eigenvalue weighted by Crippen LogP contribution is -2.32. The number of halogens is 2. The summed E-state index contributed by atoms with van der Waals surface area (Å²) < 4.78 is 36.0. The summed E-state index contributed by atoms with van der Waals surface area (Å²) in [5.41, 5.74) is -0.802. The molecule has 21 heavy (non-hydrogen) atoms. The van der Waals surface area contributed by atoms with Gasteiger partial charge in [-0.2, -0.15) is 0 Å². The molecule has 11 heteroatoms. The van der Waals surface area contributed by atoms with Gasteiger partial charge in [-0.05, 0) is 15.9 Å². The Morgan fingerprint density at radius 2 is 2.10 bits per heavy atom. The van der Waals surface area contributed by atoms with Crippen LogP contribution in [-0.4, -0.2) is 31.0 Å². The first-order valence-corrected chi connectivity index (χ1v) is 7.97. The molecule has 0 aliphatic carbocycles. The minimum absolute atomic E-state index is 0.132. The van der Waals surface area contributed by atoms with Gasteiger partial charge in [-0.1, -0.05) is 0 Å². The minimum Gasteiger partial charge on any atom is -0.305 e. The van der Waals surface area contributed by atoms with Gasteiger partial charge in [0.25, 0.3) is 5.69 Å². The van der Waals surface area contributed by atoms with Crippen LogP contribution < -0.4 is 10.0 Å². The zero-order valence-electron chi connectivity index (χ0n) is 10.3. The standard InChI is InChI=1S/C10H9BrFN3O5S/c11-6-2-9(15(17)18)8(3-7(6)12)14-4-5(1-10(14)16)21(13,19)20/h2-3,5H,1,4H2,(H2,13,19,20). The number of anilines is 1. The SMILES string of the molecule is NS(=O)(=O)C1CC(=O)N(c2cc(F)c(Br)cc2[N+](=O)[O-])C1. The number of nitro groups is 1. The Balaban J connectivity index is 2.50. The summed E-state index contributed by atoms with van der Waals surface area (Å²) in [6.45, 7) is -0.348. The van der Waals surface area contributed by atoms with Crippen molar-refractivity contribution < 1.29 is 22.5 Å². The van der Waals surface area contributed by atoms with Crippen molar-refractivity contribution in [3.8, 4) is 0 Å². The van der Waals surface area contributed by atoms with E-state index in [0.29, 0.717) is 0 Å². The normalized spacial score (nSPS) is 19.1. The molecular formula is C10H9BrFN3O5S. The number of hydrogen-bond donors (Lipinski definition) is 1. The molecule has 1 aromatic carbocycles. The van der Waals surface area contributed by atoms with Crippen LogP contribution in [0.4, 0.5) is 15.8 Å². The molecule has 1 aliphatic heterocycles. The van der Waals surface area contributed by atoms with Crippen LogP contribution in [0.3, 0.4) is 0 Å². The van der Waals surface area contributed by atoms with Gasteiger partial charge in [-0.25, -0.2) is 17.9 Å². The molecule has 0 spiro atoms. The maximum atomic E-state index is 13.6. The Morgan fingerprint density at radius 1 is 1.48 bits per heavy atom. The van der Waals surface area contributed by atoms with Gasteiger partial charge in [0.15, 0.2) is 0 Å². The summed E-state index contributed by atoms with van der Waals surface area (Å²) in [7, 11) is -3.96. The average molecular weight is 382 g/mol. The number of rotatable bonds is 3. The van der Waals surface area contributed by atoms with Gasteiger partial charge in [0.2, 0.25) is 15.9 Å². The number of benzene rings is 1. The molecule has 1 aromatic rings. The largest absolute Gasteiger partial charge is 0.305 e. The Morgan fingerprint density at radius 3 is 2.57 bits per heavy atom. The fourth-order valence-electron chi connectivity index (χ4n) is 2.02. The number of nitro benzene ring substituents is 1. The van der Waals surface area contributed by atoms with Gasteiger partial charge in [0.05, 0.1) is 9.40 Å². The van der Waals surface area contributed by atoms with Crippen LogP contribution in [0.5, 0.6) is 0 Å². The van der Waals surface area contributed by atoms with Gasteiger partial charge >= 0.3 is 0 Å². The van der Waals surface area contributed by atoms with Crippen molar-refractivity contribution in [3.63, 3.8) is 0 Å². The molecule has 1 fully saturated rings. The first-order chi connectivity index (χ1) is 9.61. The summed E-state index contributed by atoms with van der Waals surface area (Å²) in [4.78, 5) is 22.9. The number of hydrogen-bond acceptors (Lipinski definition) is 5. The second-order valence-corrected chi connectivity index (χ2v) is 7.13. The molecule has 0 radical (unpaired) electrons. The van der Waals surface area contributed by atoms with E-state index in [2.05, 4.69) is 15.9 Å². The minimum atomic E-state index is -3.96. The third kappa shape index (κ3) is 3.04. The van der Waals surface area contributed by atoms with E-state index in [1.807, 2.05) is 0 Å². The number of nitrogens with two attached hydrogens (primary N) is 1. The summed E-state index contributed by atoms with van der Waals surface area (Å²) >= 11 is 2.82. The molecule has 1 heterocycles. The van der Waals surface area contributed by atoms with Gasteiger partial charge < -0.3 is 4.90 Å². The monoisotopic (exact) mass is 381 g/mol. The first kappa shape index (κ1) is 15.8. The molecule has 1 amide bonds. The van der Waals surface area contributed by atoms with Crippen LogP contribution >= 0.6 is 15.9 Å². The molecule has 0 bridgehead atoms. The van der Waals surface area contributed by atoms with Crippen molar-refractivity contribution in [2.75, 3.05) is 11.4 Å². The molecule has 114 valence electrons. The summed E-state index contributed by atoms with van der Waals surface area (Å²) in [6, 6.07) is 1.73. The van der Waals surface area contributed by atoms with Crippen LogP contribution in [0.1, 0.15) is 6.42 Å². The van der Waals surface area contributed by atoms with Gasteiger partial charge in [0.1, 0.15) is 16.8 Å². The Hall–Kier alpha value is -1.59. The second kappa shape index (κ2) is 5.31. The molecule has 0 aromatic heterocycles. The third-order valence-electron chi connectivity index (χ3n) is 3.06. The maximum absolute atomic E-state index is 13.6. The molecular weight excluding hydrogens is 373 g/mol.